The Bertz CT molecular complexity index is 709. The lowest BCUT2D eigenvalue weighted by Gasteiger charge is -2.32. The van der Waals surface area contributed by atoms with Gasteiger partial charge in [-0.15, -0.1) is 0 Å². The SMILES string of the molecule is O=C(O)C1Cc2cc3ccccc3cc2OC1C(F)(F)F. The molecule has 3 rings (SSSR count). The number of hydrogen-bond acceptors (Lipinski definition) is 2. The maximum absolute atomic E-state index is 13.0. The third kappa shape index (κ3) is 2.41. The van der Waals surface area contributed by atoms with E-state index in [-0.39, 0.29) is 12.2 Å². The standard InChI is InChI=1S/C15H11F3O3/c16-15(17,18)13-11(14(19)20)6-10-5-8-3-1-2-4-9(8)7-12(10)21-13/h1-5,7,11,13H,6H2,(H,19,20). The Labute approximate surface area is 117 Å². The molecule has 0 saturated carbocycles. The van der Waals surface area contributed by atoms with E-state index in [1.807, 2.05) is 12.1 Å². The van der Waals surface area contributed by atoms with Gasteiger partial charge in [-0.25, -0.2) is 0 Å². The minimum Gasteiger partial charge on any atom is -0.481 e. The largest absolute Gasteiger partial charge is 0.481 e. The number of halogens is 3. The second-order valence-corrected chi connectivity index (χ2v) is 5.04. The number of alkyl halides is 3. The van der Waals surface area contributed by atoms with Crippen LogP contribution in [0.5, 0.6) is 5.75 Å². The second kappa shape index (κ2) is 4.65. The molecule has 0 saturated heterocycles. The monoisotopic (exact) mass is 296 g/mol. The van der Waals surface area contributed by atoms with Gasteiger partial charge >= 0.3 is 12.1 Å². The van der Waals surface area contributed by atoms with Crippen LogP contribution in [0.25, 0.3) is 10.8 Å². The van der Waals surface area contributed by atoms with Crippen molar-refractivity contribution in [3.8, 4) is 5.75 Å². The van der Waals surface area contributed by atoms with Crippen molar-refractivity contribution >= 4 is 16.7 Å². The summed E-state index contributed by atoms with van der Waals surface area (Å²) >= 11 is 0. The van der Waals surface area contributed by atoms with Gasteiger partial charge < -0.3 is 9.84 Å². The normalized spacial score (nSPS) is 21.7. The summed E-state index contributed by atoms with van der Waals surface area (Å²) in [6.45, 7) is 0. The van der Waals surface area contributed by atoms with E-state index in [2.05, 4.69) is 0 Å². The Balaban J connectivity index is 2.09. The van der Waals surface area contributed by atoms with Gasteiger partial charge in [-0.2, -0.15) is 13.2 Å². The number of ether oxygens (including phenoxy) is 1. The van der Waals surface area contributed by atoms with Gasteiger partial charge in [0.1, 0.15) is 11.7 Å². The highest BCUT2D eigenvalue weighted by atomic mass is 19.4. The lowest BCUT2D eigenvalue weighted by atomic mass is 9.89. The zero-order chi connectivity index (χ0) is 15.2. The lowest BCUT2D eigenvalue weighted by molar-refractivity contribution is -0.217. The molecule has 1 aliphatic heterocycles. The number of carboxylic acid groups (broad SMARTS) is 1. The molecule has 3 nitrogen and oxygen atoms in total. The number of hydrogen-bond donors (Lipinski definition) is 1. The molecule has 2 aromatic carbocycles. The predicted octanol–water partition coefficient (Wildman–Crippen LogP) is 3.41. The third-order valence-electron chi connectivity index (χ3n) is 3.63. The molecule has 2 atom stereocenters. The van der Waals surface area contributed by atoms with E-state index < -0.39 is 24.2 Å². The molecule has 0 amide bonds. The molecule has 0 bridgehead atoms. The van der Waals surface area contributed by atoms with Crippen molar-refractivity contribution in [3.05, 3.63) is 42.0 Å². The Morgan fingerprint density at radius 2 is 1.81 bits per heavy atom. The molecular weight excluding hydrogens is 285 g/mol. The average Bonchev–Trinajstić information content (AvgIpc) is 2.42. The van der Waals surface area contributed by atoms with Gasteiger partial charge in [0.2, 0.25) is 6.10 Å². The summed E-state index contributed by atoms with van der Waals surface area (Å²) in [5, 5.41) is 10.6. The van der Waals surface area contributed by atoms with E-state index in [4.69, 9.17) is 9.84 Å². The summed E-state index contributed by atoms with van der Waals surface area (Å²) in [5.74, 6) is -3.02. The number of carbonyl (C=O) groups is 1. The van der Waals surface area contributed by atoms with E-state index in [1.54, 1.807) is 18.2 Å². The minimum absolute atomic E-state index is 0.105. The van der Waals surface area contributed by atoms with Gasteiger partial charge in [0.15, 0.2) is 0 Å². The van der Waals surface area contributed by atoms with Crippen LogP contribution in [-0.2, 0) is 11.2 Å². The highest BCUT2D eigenvalue weighted by Crippen LogP contribution is 2.40. The fraction of sp³-hybridized carbons (Fsp3) is 0.267. The quantitative estimate of drug-likeness (QED) is 0.877. The Morgan fingerprint density at radius 1 is 1.19 bits per heavy atom. The van der Waals surface area contributed by atoms with Crippen molar-refractivity contribution in [2.24, 2.45) is 5.92 Å². The zero-order valence-corrected chi connectivity index (χ0v) is 10.7. The van der Waals surface area contributed by atoms with Crippen molar-refractivity contribution in [1.29, 1.82) is 0 Å². The molecule has 110 valence electrons. The molecule has 2 aromatic rings. The average molecular weight is 296 g/mol. The van der Waals surface area contributed by atoms with Crippen LogP contribution in [0.1, 0.15) is 5.56 Å². The highest BCUT2D eigenvalue weighted by molar-refractivity contribution is 5.85. The molecule has 21 heavy (non-hydrogen) atoms. The van der Waals surface area contributed by atoms with Gasteiger partial charge in [0, 0.05) is 0 Å². The van der Waals surface area contributed by atoms with Gasteiger partial charge in [-0.3, -0.25) is 4.79 Å². The summed E-state index contributed by atoms with van der Waals surface area (Å²) in [7, 11) is 0. The Morgan fingerprint density at radius 3 is 2.38 bits per heavy atom. The Hall–Kier alpha value is -2.24. The molecule has 1 heterocycles. The van der Waals surface area contributed by atoms with Crippen molar-refractivity contribution in [3.63, 3.8) is 0 Å². The number of carboxylic acids is 1. The van der Waals surface area contributed by atoms with E-state index in [0.717, 1.165) is 10.8 Å². The number of rotatable bonds is 1. The lowest BCUT2D eigenvalue weighted by Crippen LogP contribution is -2.47. The maximum Gasteiger partial charge on any atom is 0.426 e. The maximum atomic E-state index is 13.0. The molecule has 1 aliphatic rings. The second-order valence-electron chi connectivity index (χ2n) is 5.04. The van der Waals surface area contributed by atoms with Gasteiger partial charge in [0.25, 0.3) is 0 Å². The third-order valence-corrected chi connectivity index (χ3v) is 3.63. The first-order chi connectivity index (χ1) is 9.86. The van der Waals surface area contributed by atoms with Crippen LogP contribution in [0.4, 0.5) is 13.2 Å². The van der Waals surface area contributed by atoms with Gasteiger partial charge in [0.05, 0.1) is 0 Å². The summed E-state index contributed by atoms with van der Waals surface area (Å²) in [5.41, 5.74) is 0.488. The summed E-state index contributed by atoms with van der Waals surface area (Å²) in [6, 6.07) is 10.4. The summed E-state index contributed by atoms with van der Waals surface area (Å²) < 4.78 is 43.9. The number of aliphatic carboxylic acids is 1. The van der Waals surface area contributed by atoms with E-state index in [0.29, 0.717) is 5.56 Å². The predicted molar refractivity (Wildman–Crippen MR) is 69.2 cm³/mol. The van der Waals surface area contributed by atoms with E-state index in [1.165, 1.54) is 6.07 Å². The molecule has 1 N–H and O–H groups in total. The number of benzene rings is 2. The Kier molecular flexibility index (Phi) is 3.04. The first kappa shape index (κ1) is 13.7. The van der Waals surface area contributed by atoms with Gasteiger partial charge in [-0.05, 0) is 34.9 Å². The van der Waals surface area contributed by atoms with Crippen molar-refractivity contribution < 1.29 is 27.8 Å². The van der Waals surface area contributed by atoms with Crippen molar-refractivity contribution in [1.82, 2.24) is 0 Å². The van der Waals surface area contributed by atoms with Crippen LogP contribution in [-0.4, -0.2) is 23.4 Å². The van der Waals surface area contributed by atoms with Crippen LogP contribution in [0.2, 0.25) is 0 Å². The van der Waals surface area contributed by atoms with Crippen LogP contribution >= 0.6 is 0 Å². The van der Waals surface area contributed by atoms with Crippen LogP contribution in [0.3, 0.4) is 0 Å². The number of fused-ring (bicyclic) bond motifs is 2. The minimum atomic E-state index is -4.72. The molecule has 0 spiro atoms. The first-order valence-corrected chi connectivity index (χ1v) is 6.34. The van der Waals surface area contributed by atoms with Crippen LogP contribution in [0, 0.1) is 5.92 Å². The first-order valence-electron chi connectivity index (χ1n) is 6.34. The fourth-order valence-corrected chi connectivity index (χ4v) is 2.61. The zero-order valence-electron chi connectivity index (χ0n) is 10.7. The van der Waals surface area contributed by atoms with E-state index in [9.17, 15) is 18.0 Å². The van der Waals surface area contributed by atoms with Crippen LogP contribution in [0.15, 0.2) is 36.4 Å². The smallest absolute Gasteiger partial charge is 0.426 e. The molecule has 0 aliphatic carbocycles. The van der Waals surface area contributed by atoms with Crippen molar-refractivity contribution in [2.45, 2.75) is 18.7 Å². The highest BCUT2D eigenvalue weighted by Gasteiger charge is 2.52. The van der Waals surface area contributed by atoms with Crippen LogP contribution < -0.4 is 4.74 Å². The fourth-order valence-electron chi connectivity index (χ4n) is 2.61. The van der Waals surface area contributed by atoms with E-state index >= 15 is 0 Å². The molecule has 2 unspecified atom stereocenters. The van der Waals surface area contributed by atoms with Crippen molar-refractivity contribution in [2.75, 3.05) is 0 Å². The topological polar surface area (TPSA) is 46.5 Å². The summed E-state index contributed by atoms with van der Waals surface area (Å²) in [6.07, 6.45) is -7.23. The molecule has 0 radical (unpaired) electrons. The van der Waals surface area contributed by atoms with Gasteiger partial charge in [-0.1, -0.05) is 24.3 Å². The molecule has 0 aromatic heterocycles. The summed E-state index contributed by atoms with van der Waals surface area (Å²) in [4.78, 5) is 11.1. The molecule has 0 fully saturated rings. The molecule has 6 heteroatoms. The molecular formula is C15H11F3O3.